The molecule has 0 bridgehead atoms. The van der Waals surface area contributed by atoms with Crippen molar-refractivity contribution in [3.05, 3.63) is 65.2 Å². The van der Waals surface area contributed by atoms with Gasteiger partial charge < -0.3 is 14.9 Å². The van der Waals surface area contributed by atoms with Crippen LogP contribution in [0.1, 0.15) is 22.8 Å². The van der Waals surface area contributed by atoms with Gasteiger partial charge in [0.15, 0.2) is 0 Å². The van der Waals surface area contributed by atoms with Gasteiger partial charge in [-0.2, -0.15) is 0 Å². The van der Waals surface area contributed by atoms with Crippen molar-refractivity contribution >= 4 is 0 Å². The van der Waals surface area contributed by atoms with Crippen LogP contribution in [0.25, 0.3) is 0 Å². The van der Waals surface area contributed by atoms with Crippen LogP contribution in [0.5, 0.6) is 5.75 Å². The van der Waals surface area contributed by atoms with E-state index in [2.05, 4.69) is 0 Å². The van der Waals surface area contributed by atoms with Gasteiger partial charge in [0, 0.05) is 6.42 Å². The van der Waals surface area contributed by atoms with Crippen LogP contribution in [0.15, 0.2) is 48.5 Å². The molecule has 0 fully saturated rings. The summed E-state index contributed by atoms with van der Waals surface area (Å²) in [5.41, 5.74) is 2.66. The lowest BCUT2D eigenvalue weighted by molar-refractivity contribution is 0.177. The third-order valence-electron chi connectivity index (χ3n) is 3.20. The van der Waals surface area contributed by atoms with Crippen LogP contribution >= 0.6 is 0 Å². The van der Waals surface area contributed by atoms with Gasteiger partial charge >= 0.3 is 0 Å². The molecule has 0 heterocycles. The number of rotatable bonds is 5. The molecule has 3 heteroatoms. The van der Waals surface area contributed by atoms with Crippen molar-refractivity contribution in [1.29, 1.82) is 0 Å². The predicted molar refractivity (Wildman–Crippen MR) is 74.0 cm³/mol. The minimum absolute atomic E-state index is 0.00843. The molecule has 0 saturated heterocycles. The molecule has 0 aromatic heterocycles. The molecule has 2 rings (SSSR count). The molecule has 0 amide bonds. The highest BCUT2D eigenvalue weighted by Crippen LogP contribution is 2.22. The molecule has 2 N–H and O–H groups in total. The highest BCUT2D eigenvalue weighted by atomic mass is 16.5. The smallest absolute Gasteiger partial charge is 0.118 e. The van der Waals surface area contributed by atoms with E-state index in [0.29, 0.717) is 6.42 Å². The zero-order valence-electron chi connectivity index (χ0n) is 10.9. The topological polar surface area (TPSA) is 49.7 Å². The molecule has 2 aromatic rings. The van der Waals surface area contributed by atoms with Gasteiger partial charge in [0.2, 0.25) is 0 Å². The summed E-state index contributed by atoms with van der Waals surface area (Å²) in [7, 11) is 1.61. The van der Waals surface area contributed by atoms with E-state index in [1.807, 2.05) is 48.5 Å². The number of benzene rings is 2. The predicted octanol–water partition coefficient (Wildman–Crippen LogP) is 2.46. The van der Waals surface area contributed by atoms with Gasteiger partial charge in [-0.1, -0.05) is 36.4 Å². The zero-order valence-corrected chi connectivity index (χ0v) is 10.9. The Morgan fingerprint density at radius 2 is 1.63 bits per heavy atom. The van der Waals surface area contributed by atoms with Crippen LogP contribution in [0.4, 0.5) is 0 Å². The summed E-state index contributed by atoms with van der Waals surface area (Å²) >= 11 is 0. The first-order valence-corrected chi connectivity index (χ1v) is 6.24. The number of hydrogen-bond donors (Lipinski definition) is 2. The van der Waals surface area contributed by atoms with Crippen LogP contribution < -0.4 is 4.74 Å². The molecule has 1 unspecified atom stereocenters. The Kier molecular flexibility index (Phi) is 4.55. The van der Waals surface area contributed by atoms with Gasteiger partial charge in [-0.15, -0.1) is 0 Å². The van der Waals surface area contributed by atoms with E-state index in [9.17, 15) is 10.2 Å². The molecule has 0 radical (unpaired) electrons. The largest absolute Gasteiger partial charge is 0.497 e. The summed E-state index contributed by atoms with van der Waals surface area (Å²) in [6, 6.07) is 15.0. The molecule has 1 atom stereocenters. The fourth-order valence-corrected chi connectivity index (χ4v) is 2.06. The van der Waals surface area contributed by atoms with E-state index >= 15 is 0 Å². The highest BCUT2D eigenvalue weighted by molar-refractivity contribution is 5.32. The van der Waals surface area contributed by atoms with E-state index in [-0.39, 0.29) is 6.61 Å². The van der Waals surface area contributed by atoms with Gasteiger partial charge in [-0.05, 0) is 28.8 Å². The molecule has 0 aliphatic carbocycles. The summed E-state index contributed by atoms with van der Waals surface area (Å²) in [5, 5.41) is 19.5. The third kappa shape index (κ3) is 3.34. The van der Waals surface area contributed by atoms with E-state index < -0.39 is 6.10 Å². The Balaban J connectivity index is 2.13. The molecule has 2 aromatic carbocycles. The average Bonchev–Trinajstić information content (AvgIpc) is 2.48. The molecule has 100 valence electrons. The first kappa shape index (κ1) is 13.6. The first-order valence-electron chi connectivity index (χ1n) is 6.24. The Morgan fingerprint density at radius 3 is 2.21 bits per heavy atom. The van der Waals surface area contributed by atoms with Crippen molar-refractivity contribution < 1.29 is 14.9 Å². The molecule has 0 spiro atoms. The van der Waals surface area contributed by atoms with Crippen LogP contribution in [0, 0.1) is 0 Å². The quantitative estimate of drug-likeness (QED) is 0.866. The minimum Gasteiger partial charge on any atom is -0.497 e. The second-order valence-electron chi connectivity index (χ2n) is 4.42. The fourth-order valence-electron chi connectivity index (χ4n) is 2.06. The minimum atomic E-state index is -0.585. The maximum Gasteiger partial charge on any atom is 0.118 e. The monoisotopic (exact) mass is 258 g/mol. The number of methoxy groups -OCH3 is 1. The molecular weight excluding hydrogens is 240 g/mol. The van der Waals surface area contributed by atoms with Crippen molar-refractivity contribution in [2.24, 2.45) is 0 Å². The standard InChI is InChI=1S/C16H18O3/c1-19-15-8-6-12(7-9-15)16(18)10-13-4-2-3-5-14(13)11-17/h2-9,16-18H,10-11H2,1H3. The van der Waals surface area contributed by atoms with Gasteiger partial charge in [-0.3, -0.25) is 0 Å². The molecule has 0 saturated carbocycles. The van der Waals surface area contributed by atoms with E-state index in [1.165, 1.54) is 0 Å². The van der Waals surface area contributed by atoms with Gasteiger partial charge in [-0.25, -0.2) is 0 Å². The first-order chi connectivity index (χ1) is 9.24. The Morgan fingerprint density at radius 1 is 1.00 bits per heavy atom. The fraction of sp³-hybridized carbons (Fsp3) is 0.250. The average molecular weight is 258 g/mol. The van der Waals surface area contributed by atoms with E-state index in [4.69, 9.17) is 4.74 Å². The van der Waals surface area contributed by atoms with Gasteiger partial charge in [0.25, 0.3) is 0 Å². The van der Waals surface area contributed by atoms with E-state index in [1.54, 1.807) is 7.11 Å². The Hall–Kier alpha value is -1.84. The maximum absolute atomic E-state index is 10.2. The summed E-state index contributed by atoms with van der Waals surface area (Å²) in [4.78, 5) is 0. The second-order valence-corrected chi connectivity index (χ2v) is 4.42. The number of ether oxygens (including phenoxy) is 1. The summed E-state index contributed by atoms with van der Waals surface area (Å²) in [6.07, 6.45) is -0.0955. The Labute approximate surface area is 113 Å². The zero-order chi connectivity index (χ0) is 13.7. The normalized spacial score (nSPS) is 12.2. The van der Waals surface area contributed by atoms with Crippen molar-refractivity contribution in [2.45, 2.75) is 19.1 Å². The third-order valence-corrected chi connectivity index (χ3v) is 3.20. The van der Waals surface area contributed by atoms with Crippen molar-refractivity contribution in [2.75, 3.05) is 7.11 Å². The van der Waals surface area contributed by atoms with Crippen molar-refractivity contribution in [3.8, 4) is 5.75 Å². The van der Waals surface area contributed by atoms with E-state index in [0.717, 1.165) is 22.4 Å². The van der Waals surface area contributed by atoms with Crippen LogP contribution in [0.2, 0.25) is 0 Å². The van der Waals surface area contributed by atoms with Gasteiger partial charge in [0.1, 0.15) is 5.75 Å². The number of aliphatic hydroxyl groups is 2. The maximum atomic E-state index is 10.2. The molecule has 0 aliphatic rings. The van der Waals surface area contributed by atoms with Crippen LogP contribution in [-0.4, -0.2) is 17.3 Å². The van der Waals surface area contributed by atoms with Crippen molar-refractivity contribution in [1.82, 2.24) is 0 Å². The highest BCUT2D eigenvalue weighted by Gasteiger charge is 2.11. The molecule has 19 heavy (non-hydrogen) atoms. The summed E-state index contributed by atoms with van der Waals surface area (Å²) in [6.45, 7) is -0.00843. The molecule has 3 nitrogen and oxygen atoms in total. The van der Waals surface area contributed by atoms with Gasteiger partial charge in [0.05, 0.1) is 19.8 Å². The lowest BCUT2D eigenvalue weighted by Crippen LogP contribution is -2.04. The molecule has 0 aliphatic heterocycles. The Bertz CT molecular complexity index is 520. The summed E-state index contributed by atoms with van der Waals surface area (Å²) < 4.78 is 5.09. The lowest BCUT2D eigenvalue weighted by Gasteiger charge is -2.14. The van der Waals surface area contributed by atoms with Crippen molar-refractivity contribution in [3.63, 3.8) is 0 Å². The summed E-state index contributed by atoms with van der Waals surface area (Å²) in [5.74, 6) is 0.770. The molecular formula is C16H18O3. The lowest BCUT2D eigenvalue weighted by atomic mass is 9.98. The SMILES string of the molecule is COc1ccc(C(O)Cc2ccccc2CO)cc1. The number of hydrogen-bond acceptors (Lipinski definition) is 3. The van der Waals surface area contributed by atoms with Crippen LogP contribution in [-0.2, 0) is 13.0 Å². The van der Waals surface area contributed by atoms with Crippen LogP contribution in [0.3, 0.4) is 0 Å². The number of aliphatic hydroxyl groups excluding tert-OH is 2. The second kappa shape index (κ2) is 6.36.